The van der Waals surface area contributed by atoms with Gasteiger partial charge in [0.05, 0.1) is 24.1 Å². The number of hydrogen-bond acceptors (Lipinski definition) is 16. The van der Waals surface area contributed by atoms with E-state index in [0.717, 1.165) is 25.0 Å². The maximum atomic E-state index is 14.4. The first-order chi connectivity index (χ1) is 41.2. The zero-order valence-corrected chi connectivity index (χ0v) is 53.2. The summed E-state index contributed by atoms with van der Waals surface area (Å²) in [7, 11) is 3.21. The number of primary amides is 1. The van der Waals surface area contributed by atoms with E-state index in [1.807, 2.05) is 39.5 Å². The lowest BCUT2D eigenvalue weighted by Crippen LogP contribution is -2.58. The van der Waals surface area contributed by atoms with Crippen LogP contribution in [0, 0.1) is 11.8 Å². The average molecular weight is 1260 g/mol. The predicted molar refractivity (Wildman–Crippen MR) is 337 cm³/mol. The number of Topliss-reactive ketones (excluding diaryl/α,β-unsaturated/α-hetero) is 1. The Bertz CT molecular complexity index is 2830. The summed E-state index contributed by atoms with van der Waals surface area (Å²) in [5.41, 5.74) is 7.45. The number of ketones is 2. The van der Waals surface area contributed by atoms with Gasteiger partial charge in [-0.15, -0.1) is 0 Å². The number of amides is 9. The molecule has 87 heavy (non-hydrogen) atoms. The van der Waals surface area contributed by atoms with Gasteiger partial charge in [0.1, 0.15) is 37.4 Å². The monoisotopic (exact) mass is 1260 g/mol. The molecule has 2 aliphatic heterocycles. The molecule has 1 unspecified atom stereocenters. The minimum atomic E-state index is -1.87. The molecular formula is C62H87N9O13S3. The number of nitrogens with two attached hydrogens (primary N) is 1. The minimum Gasteiger partial charge on any atom is -0.388 e. The number of hydrogen-bond donors (Lipinski definition) is 11. The van der Waals surface area contributed by atoms with Crippen LogP contribution in [0.5, 0.6) is 0 Å². The highest BCUT2D eigenvalue weighted by molar-refractivity contribution is 8.77. The van der Waals surface area contributed by atoms with E-state index in [2.05, 4.69) is 49.5 Å². The minimum absolute atomic E-state index is 0.00619. The number of fused-ring (bicyclic) bond motifs is 1. The first kappa shape index (κ1) is 71.2. The van der Waals surface area contributed by atoms with Crippen LogP contribution in [0.4, 0.5) is 4.79 Å². The molecule has 476 valence electrons. The van der Waals surface area contributed by atoms with Gasteiger partial charge in [-0.05, 0) is 77.3 Å². The molecule has 25 heteroatoms. The van der Waals surface area contributed by atoms with E-state index >= 15 is 0 Å². The molecule has 8 atom stereocenters. The maximum absolute atomic E-state index is 14.4. The van der Waals surface area contributed by atoms with Gasteiger partial charge in [-0.25, -0.2) is 4.79 Å². The van der Waals surface area contributed by atoms with E-state index in [1.165, 1.54) is 0 Å². The second kappa shape index (κ2) is 34.3. The number of aliphatic hydroxyl groups is 2. The van der Waals surface area contributed by atoms with Gasteiger partial charge in [-0.2, -0.15) is 11.8 Å². The van der Waals surface area contributed by atoms with Crippen LogP contribution < -0.4 is 48.3 Å². The third kappa shape index (κ3) is 23.8. The van der Waals surface area contributed by atoms with Crippen molar-refractivity contribution in [1.82, 2.24) is 42.5 Å². The lowest BCUT2D eigenvalue weighted by atomic mass is 9.88. The molecule has 22 nitrogen and oxygen atoms in total. The van der Waals surface area contributed by atoms with Crippen LogP contribution in [0.15, 0.2) is 84.9 Å². The van der Waals surface area contributed by atoms with Gasteiger partial charge in [0.25, 0.3) is 0 Å². The molecule has 3 aromatic rings. The molecule has 2 aliphatic rings. The number of carbonyl (C=O) groups excluding carboxylic acids is 10. The molecule has 9 amide bonds. The number of ether oxygens (including phenoxy) is 1. The van der Waals surface area contributed by atoms with E-state index in [0.29, 0.717) is 47.0 Å². The van der Waals surface area contributed by atoms with Crippen molar-refractivity contribution >= 4 is 92.3 Å². The number of unbranched alkanes of at least 4 members (excludes halogenated alkanes) is 1. The smallest absolute Gasteiger partial charge is 0.315 e. The fourth-order valence-corrected chi connectivity index (χ4v) is 13.9. The molecule has 2 heterocycles. The van der Waals surface area contributed by atoms with Crippen LogP contribution in [0.3, 0.4) is 0 Å². The standard InChI is InChI=1S/C62H87N9O13S3/c1-38(2)30-43(53(78)47(73)33-72)56(80)68-45(31-39-16-10-8-11-17-39)58(82)69-46(32-40-22-24-42(25-23-40)52(77)41-18-12-9-13-19-41)57(81)67-44(55(63)79)26-27-50(75)64-28-29-84-34-51(76)66-36-61(5,6)87-86-60(3,4)35-65-49(74)21-15-14-20-48-54-62(7,37-85-48)71-59(83)70-54/h8-13,16-19,22-25,38,43-46,48,53-54,72,78H,14-15,20-21,26-37H2,1-7H3,(H2,63,79)(H,64,75)(H,65,74)(H,66,76)(H,67,81)(H,68,80)(H,69,82)(H2,70,71,83)/t43-,44+,45+,46+,48?,53+,54+,62-/m0/s1. The number of nitrogens with one attached hydrogen (secondary N) is 8. The summed E-state index contributed by atoms with van der Waals surface area (Å²) in [6.45, 7) is 13.2. The SMILES string of the molecule is CC(C)C[C@H](C(=O)N[C@H](Cc1ccccc1)C(=O)N[C@H](Cc1ccc(C(=O)c2ccccc2)cc1)C(=O)N[C@H](CCC(=O)NCCOCC(=O)NCC(C)(C)SSC(C)(C)CNC(=O)CCCCC1SC[C@]2(C)NC(=O)N[C@H]12)C(N)=O)[C@@H](O)C(=O)CO. The third-order valence-electron chi connectivity index (χ3n) is 14.7. The molecule has 0 radical (unpaired) electrons. The quantitative estimate of drug-likeness (QED) is 0.0169. The van der Waals surface area contributed by atoms with Crippen molar-refractivity contribution in [2.75, 3.05) is 45.2 Å². The first-order valence-corrected chi connectivity index (χ1v) is 32.6. The van der Waals surface area contributed by atoms with Crippen molar-refractivity contribution in [2.45, 2.75) is 157 Å². The number of urea groups is 1. The Labute approximate surface area is 521 Å². The second-order valence-corrected chi connectivity index (χ2v) is 28.7. The summed E-state index contributed by atoms with van der Waals surface area (Å²) in [6.07, 6.45) is 0.385. The summed E-state index contributed by atoms with van der Waals surface area (Å²) in [4.78, 5) is 131. The van der Waals surface area contributed by atoms with Gasteiger partial charge in [0, 0.05) is 76.9 Å². The van der Waals surface area contributed by atoms with Gasteiger partial charge >= 0.3 is 6.03 Å². The fraction of sp³-hybridized carbons (Fsp3) is 0.548. The normalized spacial score (nSPS) is 18.1. The molecule has 3 aromatic carbocycles. The van der Waals surface area contributed by atoms with Crippen LogP contribution in [-0.2, 0) is 55.9 Å². The molecule has 0 saturated carbocycles. The number of benzene rings is 3. The van der Waals surface area contributed by atoms with E-state index in [4.69, 9.17) is 10.5 Å². The average Bonchev–Trinajstić information content (AvgIpc) is 3.75. The van der Waals surface area contributed by atoms with Crippen LogP contribution in [0.25, 0.3) is 0 Å². The Morgan fingerprint density at radius 2 is 1.26 bits per heavy atom. The summed E-state index contributed by atoms with van der Waals surface area (Å²) in [5, 5.41) is 43.3. The number of rotatable bonds is 38. The van der Waals surface area contributed by atoms with E-state index < -0.39 is 72.1 Å². The Morgan fingerprint density at radius 1 is 0.724 bits per heavy atom. The summed E-state index contributed by atoms with van der Waals surface area (Å²) < 4.78 is 4.83. The van der Waals surface area contributed by atoms with Crippen molar-refractivity contribution in [1.29, 1.82) is 0 Å². The molecular weight excluding hydrogens is 1170 g/mol. The largest absolute Gasteiger partial charge is 0.388 e. The Balaban J connectivity index is 1.09. The van der Waals surface area contributed by atoms with Crippen LogP contribution in [0.1, 0.15) is 120 Å². The number of thioether (sulfide) groups is 1. The second-order valence-electron chi connectivity index (χ2n) is 23.9. The van der Waals surface area contributed by atoms with Gasteiger partial charge in [-0.1, -0.05) is 127 Å². The van der Waals surface area contributed by atoms with Crippen molar-refractivity contribution in [2.24, 2.45) is 17.6 Å². The zero-order valence-electron chi connectivity index (χ0n) is 50.7. The molecule has 5 rings (SSSR count). The number of carbonyl (C=O) groups is 10. The summed E-state index contributed by atoms with van der Waals surface area (Å²) in [5.74, 6) is -6.28. The fourth-order valence-electron chi connectivity index (χ4n) is 9.76. The van der Waals surface area contributed by atoms with Gasteiger partial charge in [0.2, 0.25) is 41.4 Å². The Kier molecular flexibility index (Phi) is 28.1. The topological polar surface area (TPSA) is 343 Å². The van der Waals surface area contributed by atoms with Crippen LogP contribution in [0.2, 0.25) is 0 Å². The summed E-state index contributed by atoms with van der Waals surface area (Å²) >= 11 is 1.86. The predicted octanol–water partition coefficient (Wildman–Crippen LogP) is 3.43. The molecule has 0 bridgehead atoms. The third-order valence-corrected chi connectivity index (χ3v) is 20.6. The Hall–Kier alpha value is -6.51. The maximum Gasteiger partial charge on any atom is 0.315 e. The highest BCUT2D eigenvalue weighted by atomic mass is 33.1. The van der Waals surface area contributed by atoms with Crippen molar-refractivity contribution in [3.8, 4) is 0 Å². The molecule has 0 aromatic heterocycles. The molecule has 0 aliphatic carbocycles. The lowest BCUT2D eigenvalue weighted by molar-refractivity contribution is -0.142. The van der Waals surface area contributed by atoms with E-state index in [9.17, 15) is 58.2 Å². The van der Waals surface area contributed by atoms with Crippen molar-refractivity contribution in [3.05, 3.63) is 107 Å². The zero-order chi connectivity index (χ0) is 63.9. The van der Waals surface area contributed by atoms with Crippen molar-refractivity contribution < 1.29 is 62.9 Å². The van der Waals surface area contributed by atoms with E-state index in [-0.39, 0.29) is 102 Å². The molecule has 2 saturated heterocycles. The number of aliphatic hydroxyl groups excluding tert-OH is 2. The highest BCUT2D eigenvalue weighted by Crippen LogP contribution is 2.43. The van der Waals surface area contributed by atoms with Gasteiger partial charge in [0.15, 0.2) is 11.6 Å². The first-order valence-electron chi connectivity index (χ1n) is 29.4. The van der Waals surface area contributed by atoms with Crippen molar-refractivity contribution in [3.63, 3.8) is 0 Å². The lowest BCUT2D eigenvalue weighted by Gasteiger charge is -2.30. The van der Waals surface area contributed by atoms with Crippen LogP contribution >= 0.6 is 33.3 Å². The molecule has 12 N–H and O–H groups in total. The van der Waals surface area contributed by atoms with Gasteiger partial charge < -0.3 is 63.2 Å². The molecule has 2 fully saturated rings. The molecule has 0 spiro atoms. The van der Waals surface area contributed by atoms with Gasteiger partial charge in [-0.3, -0.25) is 43.2 Å². The van der Waals surface area contributed by atoms with E-state index in [1.54, 1.807) is 120 Å². The summed E-state index contributed by atoms with van der Waals surface area (Å²) in [6, 6.07) is 19.4. The van der Waals surface area contributed by atoms with Crippen LogP contribution in [-0.4, -0.2) is 165 Å². The Morgan fingerprint density at radius 3 is 1.85 bits per heavy atom. The highest BCUT2D eigenvalue weighted by Gasteiger charge is 2.51.